The molecular formula is C45H51FN8O6. The van der Waals surface area contributed by atoms with Crippen LogP contribution in [0.2, 0.25) is 0 Å². The maximum atomic E-state index is 13.7. The molecule has 5 aliphatic rings. The second kappa shape index (κ2) is 16.1. The molecule has 9 rings (SSSR count). The number of fused-ring (bicyclic) bond motifs is 2. The fraction of sp³-hybridized carbons (Fsp3) is 0.489. The topological polar surface area (TPSA) is 168 Å². The molecule has 2 aromatic carbocycles. The zero-order chi connectivity index (χ0) is 41.7. The van der Waals surface area contributed by atoms with Gasteiger partial charge in [0.1, 0.15) is 23.3 Å². The largest absolute Gasteiger partial charge is 0.494 e. The summed E-state index contributed by atoms with van der Waals surface area (Å²) in [5, 5.41) is 14.4. The lowest BCUT2D eigenvalue weighted by molar-refractivity contribution is -0.136. The smallest absolute Gasteiger partial charge is 0.274 e. The Labute approximate surface area is 347 Å². The van der Waals surface area contributed by atoms with Crippen LogP contribution in [0.1, 0.15) is 114 Å². The summed E-state index contributed by atoms with van der Waals surface area (Å²) in [6.07, 6.45) is 12.6. The van der Waals surface area contributed by atoms with Crippen molar-refractivity contribution < 1.29 is 33.1 Å². The van der Waals surface area contributed by atoms with Crippen LogP contribution >= 0.6 is 0 Å². The molecule has 14 nitrogen and oxygen atoms in total. The average Bonchev–Trinajstić information content (AvgIpc) is 3.76. The lowest BCUT2D eigenvalue weighted by atomic mass is 9.57. The van der Waals surface area contributed by atoms with Crippen molar-refractivity contribution in [3.05, 3.63) is 77.0 Å². The van der Waals surface area contributed by atoms with Crippen molar-refractivity contribution in [3.63, 3.8) is 0 Å². The number of carbonyl (C=O) groups is 5. The van der Waals surface area contributed by atoms with Gasteiger partial charge in [0, 0.05) is 42.8 Å². The van der Waals surface area contributed by atoms with E-state index in [4.69, 9.17) is 9.84 Å². The molecule has 2 aliphatic carbocycles. The molecule has 2 aromatic heterocycles. The molecule has 5 heterocycles. The Bertz CT molecular complexity index is 2370. The molecule has 1 unspecified atom stereocenters. The second-order valence-electron chi connectivity index (χ2n) is 17.6. The molecule has 3 N–H and O–H groups in total. The molecule has 15 heteroatoms. The molecule has 314 valence electrons. The highest BCUT2D eigenvalue weighted by molar-refractivity contribution is 6.25. The lowest BCUT2D eigenvalue weighted by Gasteiger charge is -2.53. The van der Waals surface area contributed by atoms with Gasteiger partial charge in [-0.25, -0.2) is 9.37 Å². The number of piperidine rings is 2. The standard InChI is InChI=1S/C45H51FN8O6/c1-26-32(46)10-11-34(48-26)41(56)49-36-20-29-25-53(51-35(29)21-38(36)60-2)30-8-6-27(7-9-30)24-52-18-15-45(16-19-52)22-28(23-45)14-17-47-33-5-3-4-31-40(33)44(59)54(43(31)58)37-12-13-39(55)50-42(37)57/h3-5,10-11,20-21,25,27-28,30,37,47H,6-9,12-19,22-24H2,1-2H3,(H,49,56)(H,50,55,57)/t27-,30-,37?. The van der Waals surface area contributed by atoms with Gasteiger partial charge in [-0.1, -0.05) is 6.07 Å². The Balaban J connectivity index is 0.713. The normalized spacial score (nSPS) is 23.1. The first-order chi connectivity index (χ1) is 29.0. The SMILES string of the molecule is COc1cc2nn([C@H]3CC[C@H](CN4CCC5(CC4)CC(CCNc4cccc6c4C(=O)N(C4CCC(=O)NC4=O)C6=O)C5)CC3)cc2cc1NC(=O)c1ccc(F)c(C)n1. The molecule has 1 atom stereocenters. The summed E-state index contributed by atoms with van der Waals surface area (Å²) in [6.45, 7) is 5.65. The summed E-state index contributed by atoms with van der Waals surface area (Å²) >= 11 is 0. The minimum Gasteiger partial charge on any atom is -0.494 e. The quantitative estimate of drug-likeness (QED) is 0.147. The van der Waals surface area contributed by atoms with Crippen LogP contribution in [-0.4, -0.2) is 93.4 Å². The zero-order valence-electron chi connectivity index (χ0n) is 34.1. The van der Waals surface area contributed by atoms with Gasteiger partial charge < -0.3 is 20.3 Å². The molecule has 4 fully saturated rings. The van der Waals surface area contributed by atoms with Crippen molar-refractivity contribution in [2.24, 2.45) is 17.3 Å². The fourth-order valence-electron chi connectivity index (χ4n) is 10.4. The van der Waals surface area contributed by atoms with Crippen molar-refractivity contribution in [3.8, 4) is 5.75 Å². The van der Waals surface area contributed by atoms with Gasteiger partial charge >= 0.3 is 0 Å². The van der Waals surface area contributed by atoms with Crippen molar-refractivity contribution in [1.82, 2.24) is 29.9 Å². The number of ether oxygens (including phenoxy) is 1. The fourth-order valence-corrected chi connectivity index (χ4v) is 10.4. The average molecular weight is 819 g/mol. The number of carbonyl (C=O) groups excluding carboxylic acids is 5. The summed E-state index contributed by atoms with van der Waals surface area (Å²) in [5.74, 6) is -1.08. The van der Waals surface area contributed by atoms with Crippen molar-refractivity contribution >= 4 is 51.8 Å². The number of amides is 5. The third kappa shape index (κ3) is 7.63. The predicted octanol–water partition coefficient (Wildman–Crippen LogP) is 6.27. The summed E-state index contributed by atoms with van der Waals surface area (Å²) in [6, 6.07) is 10.9. The number of methoxy groups -OCH3 is 1. The number of nitrogens with zero attached hydrogens (tertiary/aromatic N) is 5. The lowest BCUT2D eigenvalue weighted by Crippen LogP contribution is -2.54. The molecule has 0 bridgehead atoms. The Morgan fingerprint density at radius 3 is 2.48 bits per heavy atom. The summed E-state index contributed by atoms with van der Waals surface area (Å²) < 4.78 is 21.4. The van der Waals surface area contributed by atoms with Crippen molar-refractivity contribution in [1.29, 1.82) is 0 Å². The van der Waals surface area contributed by atoms with E-state index in [0.717, 1.165) is 67.5 Å². The number of anilines is 2. The predicted molar refractivity (Wildman–Crippen MR) is 221 cm³/mol. The Hall–Kier alpha value is -5.70. The van der Waals surface area contributed by atoms with Crippen LogP contribution in [-0.2, 0) is 9.59 Å². The number of benzene rings is 2. The van der Waals surface area contributed by atoms with Crippen molar-refractivity contribution in [2.45, 2.75) is 89.6 Å². The van der Waals surface area contributed by atoms with E-state index < -0.39 is 35.5 Å². The van der Waals surface area contributed by atoms with Crippen LogP contribution in [0.25, 0.3) is 10.9 Å². The number of aromatic nitrogens is 3. The molecule has 3 aliphatic heterocycles. The highest BCUT2D eigenvalue weighted by Gasteiger charge is 2.47. The Kier molecular flexibility index (Phi) is 10.6. The summed E-state index contributed by atoms with van der Waals surface area (Å²) in [7, 11) is 1.55. The van der Waals surface area contributed by atoms with Crippen LogP contribution in [0.3, 0.4) is 0 Å². The molecule has 2 saturated heterocycles. The molecule has 60 heavy (non-hydrogen) atoms. The maximum Gasteiger partial charge on any atom is 0.274 e. The van der Waals surface area contributed by atoms with Crippen LogP contribution in [0.4, 0.5) is 15.8 Å². The number of rotatable bonds is 11. The summed E-state index contributed by atoms with van der Waals surface area (Å²) in [5.41, 5.74) is 3.25. The van der Waals surface area contributed by atoms with E-state index in [2.05, 4.69) is 36.7 Å². The number of halogens is 1. The highest BCUT2D eigenvalue weighted by atomic mass is 19.1. The van der Waals surface area contributed by atoms with Gasteiger partial charge in [-0.3, -0.25) is 38.9 Å². The van der Waals surface area contributed by atoms with Gasteiger partial charge in [0.2, 0.25) is 11.8 Å². The van der Waals surface area contributed by atoms with E-state index in [1.807, 2.05) is 18.2 Å². The maximum absolute atomic E-state index is 13.7. The number of hydrogen-bond acceptors (Lipinski definition) is 10. The molecule has 4 aromatic rings. The molecule has 0 radical (unpaired) electrons. The van der Waals surface area contributed by atoms with E-state index in [1.165, 1.54) is 44.7 Å². The zero-order valence-corrected chi connectivity index (χ0v) is 34.1. The minimum absolute atomic E-state index is 0.0930. The van der Waals surface area contributed by atoms with E-state index >= 15 is 0 Å². The van der Waals surface area contributed by atoms with Gasteiger partial charge in [-0.2, -0.15) is 5.10 Å². The number of likely N-dealkylation sites (tertiary alicyclic amines) is 1. The monoisotopic (exact) mass is 818 g/mol. The van der Waals surface area contributed by atoms with Crippen LogP contribution in [0.5, 0.6) is 5.75 Å². The number of hydrogen-bond donors (Lipinski definition) is 3. The van der Waals surface area contributed by atoms with Gasteiger partial charge in [0.15, 0.2) is 0 Å². The first-order valence-corrected chi connectivity index (χ1v) is 21.3. The minimum atomic E-state index is -0.976. The van der Waals surface area contributed by atoms with Crippen molar-refractivity contribution in [2.75, 3.05) is 43.9 Å². The Morgan fingerprint density at radius 2 is 1.75 bits per heavy atom. The van der Waals surface area contributed by atoms with E-state index in [1.54, 1.807) is 19.2 Å². The summed E-state index contributed by atoms with van der Waals surface area (Å²) in [4.78, 5) is 71.5. The first kappa shape index (κ1) is 39.7. The highest BCUT2D eigenvalue weighted by Crippen LogP contribution is 2.54. The molecule has 2 saturated carbocycles. The third-order valence-electron chi connectivity index (χ3n) is 13.7. The van der Waals surface area contributed by atoms with Gasteiger partial charge in [-0.05, 0) is 132 Å². The molecule has 1 spiro atoms. The molecule has 5 amide bonds. The van der Waals surface area contributed by atoms with Gasteiger partial charge in [0.05, 0.1) is 41.2 Å². The van der Waals surface area contributed by atoms with Gasteiger partial charge in [0.25, 0.3) is 17.7 Å². The number of nitrogens with one attached hydrogen (secondary N) is 3. The van der Waals surface area contributed by atoms with E-state index in [9.17, 15) is 28.4 Å². The molecular weight excluding hydrogens is 768 g/mol. The van der Waals surface area contributed by atoms with Crippen LogP contribution in [0.15, 0.2) is 48.7 Å². The van der Waals surface area contributed by atoms with Crippen LogP contribution in [0, 0.1) is 30.0 Å². The second-order valence-corrected chi connectivity index (χ2v) is 17.6. The van der Waals surface area contributed by atoms with Gasteiger partial charge in [-0.15, -0.1) is 0 Å². The number of aryl methyl sites for hydroxylation is 1. The van der Waals surface area contributed by atoms with E-state index in [-0.39, 0.29) is 30.1 Å². The Morgan fingerprint density at radius 1 is 0.967 bits per heavy atom. The van der Waals surface area contributed by atoms with E-state index in [0.29, 0.717) is 58.1 Å². The number of imide groups is 2. The first-order valence-electron chi connectivity index (χ1n) is 21.3. The van der Waals surface area contributed by atoms with Crippen LogP contribution < -0.4 is 20.7 Å². The third-order valence-corrected chi connectivity index (χ3v) is 13.7. The number of pyridine rings is 1.